The first-order chi connectivity index (χ1) is 9.22. The van der Waals surface area contributed by atoms with Gasteiger partial charge in [-0.05, 0) is 36.6 Å². The predicted octanol–water partition coefficient (Wildman–Crippen LogP) is 2.96. The van der Waals surface area contributed by atoms with E-state index in [9.17, 15) is 4.39 Å². The number of rotatable bonds is 3. The lowest BCUT2D eigenvalue weighted by Gasteiger charge is -1.99. The molecule has 3 rings (SSSR count). The molecule has 0 unspecified atom stereocenters. The Hall–Kier alpha value is -2.23. The standard InChI is InChI=1S/C15H14FN3/c1-11-6-9-15-17-14(18-19(15)10-11)8-7-12-4-2-3-5-13(12)16/h2-6,9-10H,7-8H2,1H3. The van der Waals surface area contributed by atoms with E-state index in [1.165, 1.54) is 6.07 Å². The second-order valence-electron chi connectivity index (χ2n) is 4.63. The Kier molecular flexibility index (Phi) is 2.99. The monoisotopic (exact) mass is 255 g/mol. The molecule has 2 heterocycles. The summed E-state index contributed by atoms with van der Waals surface area (Å²) in [5.74, 6) is 0.580. The molecule has 96 valence electrons. The van der Waals surface area contributed by atoms with Crippen molar-refractivity contribution in [2.24, 2.45) is 0 Å². The van der Waals surface area contributed by atoms with Crippen LogP contribution in [0.3, 0.4) is 0 Å². The van der Waals surface area contributed by atoms with Crippen molar-refractivity contribution in [3.63, 3.8) is 0 Å². The largest absolute Gasteiger partial charge is 0.221 e. The van der Waals surface area contributed by atoms with E-state index < -0.39 is 0 Å². The summed E-state index contributed by atoms with van der Waals surface area (Å²) in [5, 5.41) is 4.40. The SMILES string of the molecule is Cc1ccc2nc(CCc3ccccc3F)nn2c1. The fraction of sp³-hybridized carbons (Fsp3) is 0.200. The van der Waals surface area contributed by atoms with Crippen LogP contribution in [-0.4, -0.2) is 14.6 Å². The van der Waals surface area contributed by atoms with E-state index in [1.807, 2.05) is 31.3 Å². The number of benzene rings is 1. The Morgan fingerprint density at radius 3 is 2.79 bits per heavy atom. The number of hydrogen-bond donors (Lipinski definition) is 0. The van der Waals surface area contributed by atoms with Gasteiger partial charge in [0.2, 0.25) is 0 Å². The topological polar surface area (TPSA) is 30.2 Å². The number of aryl methyl sites for hydroxylation is 3. The minimum absolute atomic E-state index is 0.165. The lowest BCUT2D eigenvalue weighted by atomic mass is 10.1. The molecule has 0 atom stereocenters. The molecule has 1 aromatic carbocycles. The van der Waals surface area contributed by atoms with Gasteiger partial charge in [0.05, 0.1) is 0 Å². The van der Waals surface area contributed by atoms with Crippen molar-refractivity contribution in [2.75, 3.05) is 0 Å². The van der Waals surface area contributed by atoms with Gasteiger partial charge in [-0.1, -0.05) is 24.3 Å². The Morgan fingerprint density at radius 1 is 1.11 bits per heavy atom. The summed E-state index contributed by atoms with van der Waals surface area (Å²) in [6.07, 6.45) is 3.19. The van der Waals surface area contributed by atoms with E-state index in [-0.39, 0.29) is 5.82 Å². The number of fused-ring (bicyclic) bond motifs is 1. The maximum absolute atomic E-state index is 13.5. The molecule has 0 saturated carbocycles. The molecule has 19 heavy (non-hydrogen) atoms. The summed E-state index contributed by atoms with van der Waals surface area (Å²) >= 11 is 0. The van der Waals surface area contributed by atoms with E-state index in [1.54, 1.807) is 16.6 Å². The summed E-state index contributed by atoms with van der Waals surface area (Å²) in [6, 6.07) is 10.8. The Labute approximate surface area is 110 Å². The van der Waals surface area contributed by atoms with Gasteiger partial charge < -0.3 is 0 Å². The highest BCUT2D eigenvalue weighted by atomic mass is 19.1. The maximum atomic E-state index is 13.5. The van der Waals surface area contributed by atoms with Crippen molar-refractivity contribution in [3.8, 4) is 0 Å². The van der Waals surface area contributed by atoms with Gasteiger partial charge in [0.1, 0.15) is 5.82 Å². The van der Waals surface area contributed by atoms with Crippen molar-refractivity contribution < 1.29 is 4.39 Å². The molecule has 2 aromatic heterocycles. The normalized spacial score (nSPS) is 11.1. The fourth-order valence-corrected chi connectivity index (χ4v) is 2.09. The van der Waals surface area contributed by atoms with Crippen LogP contribution in [0.5, 0.6) is 0 Å². The molecule has 0 saturated heterocycles. The molecular formula is C15H14FN3. The fourth-order valence-electron chi connectivity index (χ4n) is 2.09. The third-order valence-electron chi connectivity index (χ3n) is 3.10. The lowest BCUT2D eigenvalue weighted by Crippen LogP contribution is -1.96. The first-order valence-electron chi connectivity index (χ1n) is 6.28. The number of pyridine rings is 1. The first-order valence-corrected chi connectivity index (χ1v) is 6.28. The molecule has 0 aliphatic carbocycles. The summed E-state index contributed by atoms with van der Waals surface area (Å²) < 4.78 is 15.3. The zero-order valence-corrected chi connectivity index (χ0v) is 10.7. The quantitative estimate of drug-likeness (QED) is 0.720. The van der Waals surface area contributed by atoms with Crippen LogP contribution in [-0.2, 0) is 12.8 Å². The van der Waals surface area contributed by atoms with Crippen LogP contribution in [0.4, 0.5) is 4.39 Å². The zero-order chi connectivity index (χ0) is 13.2. The molecule has 0 bridgehead atoms. The predicted molar refractivity (Wildman–Crippen MR) is 71.5 cm³/mol. The maximum Gasteiger partial charge on any atom is 0.155 e. The van der Waals surface area contributed by atoms with Crippen LogP contribution < -0.4 is 0 Å². The number of halogens is 1. The van der Waals surface area contributed by atoms with E-state index in [4.69, 9.17) is 0 Å². The van der Waals surface area contributed by atoms with E-state index in [0.29, 0.717) is 18.4 Å². The van der Waals surface area contributed by atoms with Crippen molar-refractivity contribution in [1.82, 2.24) is 14.6 Å². The first kappa shape index (κ1) is 11.8. The smallest absolute Gasteiger partial charge is 0.155 e. The summed E-state index contributed by atoms with van der Waals surface area (Å²) in [4.78, 5) is 4.43. The zero-order valence-electron chi connectivity index (χ0n) is 10.7. The highest BCUT2D eigenvalue weighted by Gasteiger charge is 2.06. The van der Waals surface area contributed by atoms with Gasteiger partial charge in [-0.15, -0.1) is 0 Å². The number of hydrogen-bond acceptors (Lipinski definition) is 2. The van der Waals surface area contributed by atoms with Crippen LogP contribution in [0.1, 0.15) is 17.0 Å². The minimum Gasteiger partial charge on any atom is -0.221 e. The van der Waals surface area contributed by atoms with Crippen LogP contribution in [0.15, 0.2) is 42.6 Å². The highest BCUT2D eigenvalue weighted by molar-refractivity contribution is 5.38. The van der Waals surface area contributed by atoms with Gasteiger partial charge in [-0.25, -0.2) is 13.9 Å². The summed E-state index contributed by atoms with van der Waals surface area (Å²) in [5.41, 5.74) is 2.67. The third-order valence-corrected chi connectivity index (χ3v) is 3.10. The highest BCUT2D eigenvalue weighted by Crippen LogP contribution is 2.10. The Bertz CT molecular complexity index is 718. The van der Waals surface area contributed by atoms with Crippen molar-refractivity contribution in [1.29, 1.82) is 0 Å². The van der Waals surface area contributed by atoms with Gasteiger partial charge in [0.15, 0.2) is 11.5 Å². The number of nitrogens with zero attached hydrogens (tertiary/aromatic N) is 3. The molecular weight excluding hydrogens is 241 g/mol. The van der Waals surface area contributed by atoms with Crippen molar-refractivity contribution >= 4 is 5.65 Å². The number of aromatic nitrogens is 3. The molecule has 4 heteroatoms. The average Bonchev–Trinajstić information content (AvgIpc) is 2.79. The van der Waals surface area contributed by atoms with Crippen molar-refractivity contribution in [3.05, 3.63) is 65.4 Å². The molecule has 0 N–H and O–H groups in total. The molecule has 0 radical (unpaired) electrons. The van der Waals surface area contributed by atoms with Gasteiger partial charge in [0.25, 0.3) is 0 Å². The summed E-state index contributed by atoms with van der Waals surface area (Å²) in [7, 11) is 0. The summed E-state index contributed by atoms with van der Waals surface area (Å²) in [6.45, 7) is 2.01. The minimum atomic E-state index is -0.165. The molecule has 0 aliphatic heterocycles. The molecule has 0 amide bonds. The Balaban J connectivity index is 1.80. The molecule has 3 aromatic rings. The second kappa shape index (κ2) is 4.80. The van der Waals surface area contributed by atoms with Crippen LogP contribution in [0, 0.1) is 12.7 Å². The van der Waals surface area contributed by atoms with Gasteiger partial charge in [-0.3, -0.25) is 0 Å². The van der Waals surface area contributed by atoms with Crippen LogP contribution in [0.2, 0.25) is 0 Å². The van der Waals surface area contributed by atoms with Crippen molar-refractivity contribution in [2.45, 2.75) is 19.8 Å². The third kappa shape index (κ3) is 2.47. The van der Waals surface area contributed by atoms with E-state index in [0.717, 1.165) is 17.0 Å². The van der Waals surface area contributed by atoms with E-state index in [2.05, 4.69) is 10.1 Å². The molecule has 3 nitrogen and oxygen atoms in total. The lowest BCUT2D eigenvalue weighted by molar-refractivity contribution is 0.607. The second-order valence-corrected chi connectivity index (χ2v) is 4.63. The molecule has 0 spiro atoms. The average molecular weight is 255 g/mol. The Morgan fingerprint density at radius 2 is 1.95 bits per heavy atom. The van der Waals surface area contributed by atoms with Gasteiger partial charge >= 0.3 is 0 Å². The molecule has 0 fully saturated rings. The molecule has 0 aliphatic rings. The van der Waals surface area contributed by atoms with Gasteiger partial charge in [-0.2, -0.15) is 5.10 Å². The van der Waals surface area contributed by atoms with E-state index >= 15 is 0 Å². The van der Waals surface area contributed by atoms with Gasteiger partial charge in [0, 0.05) is 12.6 Å². The van der Waals surface area contributed by atoms with Crippen LogP contribution >= 0.6 is 0 Å². The van der Waals surface area contributed by atoms with Crippen LogP contribution in [0.25, 0.3) is 5.65 Å².